The maximum absolute atomic E-state index is 13.1. The molecule has 1 saturated heterocycles. The third-order valence-electron chi connectivity index (χ3n) is 4.68. The molecule has 6 nitrogen and oxygen atoms in total. The molecule has 140 valence electrons. The van der Waals surface area contributed by atoms with Crippen molar-refractivity contribution in [3.63, 3.8) is 0 Å². The molecule has 0 saturated carbocycles. The van der Waals surface area contributed by atoms with Gasteiger partial charge in [-0.1, -0.05) is 18.2 Å². The lowest BCUT2D eigenvalue weighted by molar-refractivity contribution is -0.120. The molecule has 1 aromatic carbocycles. The Balaban J connectivity index is 1.40. The highest BCUT2D eigenvalue weighted by molar-refractivity contribution is 7.13. The van der Waals surface area contributed by atoms with Crippen LogP contribution in [0.5, 0.6) is 0 Å². The highest BCUT2D eigenvalue weighted by Crippen LogP contribution is 2.20. The van der Waals surface area contributed by atoms with Gasteiger partial charge in [0.25, 0.3) is 0 Å². The summed E-state index contributed by atoms with van der Waals surface area (Å²) < 4.78 is 5.46. The summed E-state index contributed by atoms with van der Waals surface area (Å²) in [6, 6.07) is 13.5. The normalized spacial score (nSPS) is 15.0. The van der Waals surface area contributed by atoms with Crippen LogP contribution in [0.25, 0.3) is 0 Å². The molecule has 0 N–H and O–H groups in total. The van der Waals surface area contributed by atoms with Gasteiger partial charge in [-0.2, -0.15) is 0 Å². The molecular formula is C20H22N4O2S. The molecule has 1 fully saturated rings. The second-order valence-electron chi connectivity index (χ2n) is 6.47. The number of benzene rings is 1. The number of hydrogen-bond acceptors (Lipinski definition) is 6. The lowest BCUT2D eigenvalue weighted by atomic mass is 10.2. The summed E-state index contributed by atoms with van der Waals surface area (Å²) in [5.74, 6) is 0.862. The molecular weight excluding hydrogens is 360 g/mol. The van der Waals surface area contributed by atoms with E-state index in [1.165, 1.54) is 0 Å². The van der Waals surface area contributed by atoms with Crippen LogP contribution in [0.2, 0.25) is 0 Å². The minimum Gasteiger partial charge on any atom is -0.467 e. The standard InChI is InChI=1S/C20H22N4O2S/c25-19(16-22-9-11-23(12-10-22)20-21-8-14-27-20)24(15-18-7-4-13-26-18)17-5-2-1-3-6-17/h1-8,13-14H,9-12,15-16H2. The molecule has 3 heterocycles. The molecule has 0 bridgehead atoms. The summed E-state index contributed by atoms with van der Waals surface area (Å²) in [5.41, 5.74) is 0.889. The van der Waals surface area contributed by atoms with Crippen molar-refractivity contribution in [3.8, 4) is 0 Å². The molecule has 7 heteroatoms. The predicted molar refractivity (Wildman–Crippen MR) is 107 cm³/mol. The van der Waals surface area contributed by atoms with E-state index in [9.17, 15) is 4.79 Å². The van der Waals surface area contributed by atoms with Gasteiger partial charge in [-0.3, -0.25) is 9.69 Å². The van der Waals surface area contributed by atoms with Crippen molar-refractivity contribution < 1.29 is 9.21 Å². The van der Waals surface area contributed by atoms with E-state index in [1.54, 1.807) is 22.5 Å². The number of anilines is 2. The van der Waals surface area contributed by atoms with Gasteiger partial charge in [0.2, 0.25) is 5.91 Å². The number of carbonyl (C=O) groups excluding carboxylic acids is 1. The Hall–Kier alpha value is -2.64. The average Bonchev–Trinajstić information content (AvgIpc) is 3.41. The summed E-state index contributed by atoms with van der Waals surface area (Å²) in [6.07, 6.45) is 3.48. The largest absolute Gasteiger partial charge is 0.467 e. The van der Waals surface area contributed by atoms with Crippen LogP contribution < -0.4 is 9.80 Å². The zero-order valence-electron chi connectivity index (χ0n) is 15.0. The Morgan fingerprint density at radius 3 is 2.59 bits per heavy atom. The zero-order valence-corrected chi connectivity index (χ0v) is 15.8. The van der Waals surface area contributed by atoms with E-state index in [2.05, 4.69) is 14.8 Å². The zero-order chi connectivity index (χ0) is 18.5. The fraction of sp³-hybridized carbons (Fsp3) is 0.300. The first kappa shape index (κ1) is 17.8. The highest BCUT2D eigenvalue weighted by atomic mass is 32.1. The molecule has 1 aliphatic rings. The maximum Gasteiger partial charge on any atom is 0.241 e. The van der Waals surface area contributed by atoms with Crippen molar-refractivity contribution >= 4 is 28.1 Å². The number of amides is 1. The Kier molecular flexibility index (Phi) is 5.50. The summed E-state index contributed by atoms with van der Waals surface area (Å²) in [4.78, 5) is 23.7. The Bertz CT molecular complexity index is 828. The van der Waals surface area contributed by atoms with Crippen LogP contribution in [0, 0.1) is 0 Å². The number of nitrogens with zero attached hydrogens (tertiary/aromatic N) is 4. The van der Waals surface area contributed by atoms with Crippen molar-refractivity contribution in [3.05, 3.63) is 66.1 Å². The van der Waals surface area contributed by atoms with Gasteiger partial charge < -0.3 is 14.2 Å². The van der Waals surface area contributed by atoms with E-state index in [1.807, 2.05) is 54.0 Å². The monoisotopic (exact) mass is 382 g/mol. The molecule has 2 aromatic heterocycles. The van der Waals surface area contributed by atoms with Crippen LogP contribution in [-0.2, 0) is 11.3 Å². The molecule has 1 aliphatic heterocycles. The molecule has 0 spiro atoms. The van der Waals surface area contributed by atoms with E-state index in [4.69, 9.17) is 4.42 Å². The summed E-state index contributed by atoms with van der Waals surface area (Å²) in [7, 11) is 0. The topological polar surface area (TPSA) is 52.8 Å². The van der Waals surface area contributed by atoms with E-state index >= 15 is 0 Å². The van der Waals surface area contributed by atoms with Gasteiger partial charge in [0.1, 0.15) is 5.76 Å². The first-order chi connectivity index (χ1) is 13.3. The van der Waals surface area contributed by atoms with Crippen molar-refractivity contribution in [2.24, 2.45) is 0 Å². The van der Waals surface area contributed by atoms with E-state index in [-0.39, 0.29) is 5.91 Å². The van der Waals surface area contributed by atoms with Gasteiger partial charge in [0.15, 0.2) is 5.13 Å². The van der Waals surface area contributed by atoms with Crippen molar-refractivity contribution in [2.45, 2.75) is 6.54 Å². The number of carbonyl (C=O) groups is 1. The number of furan rings is 1. The van der Waals surface area contributed by atoms with Crippen LogP contribution in [-0.4, -0.2) is 48.5 Å². The van der Waals surface area contributed by atoms with Crippen LogP contribution in [0.3, 0.4) is 0 Å². The van der Waals surface area contributed by atoms with E-state index in [0.717, 1.165) is 42.8 Å². The molecule has 3 aromatic rings. The number of hydrogen-bond donors (Lipinski definition) is 0. The summed E-state index contributed by atoms with van der Waals surface area (Å²) in [5, 5.41) is 3.06. The van der Waals surface area contributed by atoms with Crippen molar-refractivity contribution in [1.29, 1.82) is 0 Å². The SMILES string of the molecule is O=C(CN1CCN(c2nccs2)CC1)N(Cc1ccco1)c1ccccc1. The van der Waals surface area contributed by atoms with Crippen molar-refractivity contribution in [1.82, 2.24) is 9.88 Å². The average molecular weight is 382 g/mol. The molecule has 1 amide bonds. The molecule has 4 rings (SSSR count). The van der Waals surface area contributed by atoms with Gasteiger partial charge >= 0.3 is 0 Å². The van der Waals surface area contributed by atoms with Crippen LogP contribution >= 0.6 is 11.3 Å². The quantitative estimate of drug-likeness (QED) is 0.656. The van der Waals surface area contributed by atoms with Crippen molar-refractivity contribution in [2.75, 3.05) is 42.5 Å². The third-order valence-corrected chi connectivity index (χ3v) is 5.52. The Morgan fingerprint density at radius 2 is 1.93 bits per heavy atom. The Labute approximate surface area is 162 Å². The van der Waals surface area contributed by atoms with Gasteiger partial charge in [0.05, 0.1) is 19.4 Å². The molecule has 27 heavy (non-hydrogen) atoms. The number of thiazole rings is 1. The highest BCUT2D eigenvalue weighted by Gasteiger charge is 2.24. The van der Waals surface area contributed by atoms with E-state index in [0.29, 0.717) is 13.1 Å². The second kappa shape index (κ2) is 8.37. The lowest BCUT2D eigenvalue weighted by Crippen LogP contribution is -2.50. The van der Waals surface area contributed by atoms with Gasteiger partial charge in [-0.05, 0) is 24.3 Å². The number of aromatic nitrogens is 1. The minimum absolute atomic E-state index is 0.0836. The predicted octanol–water partition coefficient (Wildman–Crippen LogP) is 3.09. The van der Waals surface area contributed by atoms with Crippen LogP contribution in [0.15, 0.2) is 64.7 Å². The number of para-hydroxylation sites is 1. The third kappa shape index (κ3) is 4.37. The summed E-state index contributed by atoms with van der Waals surface area (Å²) >= 11 is 1.66. The van der Waals surface area contributed by atoms with Crippen LogP contribution in [0.1, 0.15) is 5.76 Å². The maximum atomic E-state index is 13.1. The van der Waals surface area contributed by atoms with Gasteiger partial charge in [0, 0.05) is 43.4 Å². The fourth-order valence-electron chi connectivity index (χ4n) is 3.24. The fourth-order valence-corrected chi connectivity index (χ4v) is 3.93. The van der Waals surface area contributed by atoms with Gasteiger partial charge in [-0.15, -0.1) is 11.3 Å². The van der Waals surface area contributed by atoms with E-state index < -0.39 is 0 Å². The molecule has 0 unspecified atom stereocenters. The van der Waals surface area contributed by atoms with Gasteiger partial charge in [-0.25, -0.2) is 4.98 Å². The molecule has 0 radical (unpaired) electrons. The molecule has 0 aliphatic carbocycles. The van der Waals surface area contributed by atoms with Crippen LogP contribution in [0.4, 0.5) is 10.8 Å². The first-order valence-corrected chi connectivity index (χ1v) is 9.92. The first-order valence-electron chi connectivity index (χ1n) is 9.04. The minimum atomic E-state index is 0.0836. The number of piperazine rings is 1. The number of rotatable bonds is 6. The molecule has 0 atom stereocenters. The lowest BCUT2D eigenvalue weighted by Gasteiger charge is -2.35. The Morgan fingerprint density at radius 1 is 1.11 bits per heavy atom. The second-order valence-corrected chi connectivity index (χ2v) is 7.35. The smallest absolute Gasteiger partial charge is 0.241 e. The summed E-state index contributed by atoms with van der Waals surface area (Å²) in [6.45, 7) is 4.34.